The molecule has 0 radical (unpaired) electrons. The standard InChI is InChI=1S/C24H32N2O5/c1-15-17-9-10-20(29-2)23(30-3)22(17)31-24(28)18(15)13-21(27)25-14-16-7-6-12-26-11-5-4-8-19(16)26/h9-10,16,19H,4-8,11-14H2,1-3H3,(H,25,27)/t16-,19-/m0/s1. The quantitative estimate of drug-likeness (QED) is 0.713. The Kier molecular flexibility index (Phi) is 6.51. The van der Waals surface area contributed by atoms with E-state index in [2.05, 4.69) is 10.2 Å². The number of aryl methyl sites for hydroxylation is 1. The summed E-state index contributed by atoms with van der Waals surface area (Å²) in [5.74, 6) is 1.23. The molecule has 7 nitrogen and oxygen atoms in total. The molecule has 2 saturated heterocycles. The summed E-state index contributed by atoms with van der Waals surface area (Å²) < 4.78 is 16.2. The van der Waals surface area contributed by atoms with Crippen LogP contribution in [0.25, 0.3) is 11.0 Å². The molecule has 2 atom stereocenters. The number of rotatable bonds is 6. The highest BCUT2D eigenvalue weighted by Crippen LogP contribution is 2.36. The van der Waals surface area contributed by atoms with Crippen LogP contribution in [0.2, 0.25) is 0 Å². The summed E-state index contributed by atoms with van der Waals surface area (Å²) in [4.78, 5) is 28.0. The van der Waals surface area contributed by atoms with E-state index in [0.717, 1.165) is 17.4 Å². The van der Waals surface area contributed by atoms with Gasteiger partial charge in [0.1, 0.15) is 0 Å². The highest BCUT2D eigenvalue weighted by molar-refractivity contribution is 5.89. The van der Waals surface area contributed by atoms with E-state index in [-0.39, 0.29) is 12.3 Å². The number of fused-ring (bicyclic) bond motifs is 2. The average Bonchev–Trinajstić information content (AvgIpc) is 2.79. The molecule has 168 valence electrons. The lowest BCUT2D eigenvalue weighted by atomic mass is 9.83. The van der Waals surface area contributed by atoms with Crippen LogP contribution in [0.15, 0.2) is 21.3 Å². The van der Waals surface area contributed by atoms with Gasteiger partial charge >= 0.3 is 5.63 Å². The van der Waals surface area contributed by atoms with Gasteiger partial charge in [-0.2, -0.15) is 0 Å². The normalized spacial score (nSPS) is 21.5. The van der Waals surface area contributed by atoms with E-state index in [9.17, 15) is 9.59 Å². The van der Waals surface area contributed by atoms with Crippen LogP contribution in [-0.4, -0.2) is 50.7 Å². The molecule has 7 heteroatoms. The van der Waals surface area contributed by atoms with Gasteiger partial charge in [-0.3, -0.25) is 4.79 Å². The zero-order valence-corrected chi connectivity index (χ0v) is 18.7. The molecule has 2 aromatic rings. The predicted octanol–water partition coefficient (Wildman–Crippen LogP) is 3.04. The molecule has 0 saturated carbocycles. The number of amides is 1. The fourth-order valence-electron chi connectivity index (χ4n) is 5.25. The van der Waals surface area contributed by atoms with Gasteiger partial charge in [-0.1, -0.05) is 6.42 Å². The molecular weight excluding hydrogens is 396 g/mol. The van der Waals surface area contributed by atoms with Crippen molar-refractivity contribution in [2.24, 2.45) is 5.92 Å². The summed E-state index contributed by atoms with van der Waals surface area (Å²) in [5, 5.41) is 3.83. The van der Waals surface area contributed by atoms with Gasteiger partial charge in [0.25, 0.3) is 0 Å². The van der Waals surface area contributed by atoms with Crippen molar-refractivity contribution in [3.8, 4) is 11.5 Å². The molecule has 3 heterocycles. The lowest BCUT2D eigenvalue weighted by molar-refractivity contribution is -0.120. The third-order valence-electron chi connectivity index (χ3n) is 6.93. The minimum absolute atomic E-state index is 0.0134. The Morgan fingerprint density at radius 1 is 1.16 bits per heavy atom. The fourth-order valence-corrected chi connectivity index (χ4v) is 5.25. The molecule has 1 aromatic carbocycles. The zero-order valence-electron chi connectivity index (χ0n) is 18.7. The molecule has 2 fully saturated rings. The molecule has 31 heavy (non-hydrogen) atoms. The molecule has 2 aliphatic rings. The van der Waals surface area contributed by atoms with E-state index in [1.807, 2.05) is 13.0 Å². The SMILES string of the molecule is COc1ccc2c(C)c(CC(=O)NC[C@@H]3CCCN4CCCC[C@@H]34)c(=O)oc2c1OC. The minimum atomic E-state index is -0.511. The Morgan fingerprint density at radius 2 is 1.97 bits per heavy atom. The lowest BCUT2D eigenvalue weighted by Gasteiger charge is -2.44. The Labute approximate surface area is 182 Å². The number of nitrogens with one attached hydrogen (secondary N) is 1. The summed E-state index contributed by atoms with van der Waals surface area (Å²) >= 11 is 0. The number of benzene rings is 1. The highest BCUT2D eigenvalue weighted by Gasteiger charge is 2.33. The maximum absolute atomic E-state index is 12.7. The molecule has 0 aliphatic carbocycles. The van der Waals surface area contributed by atoms with Crippen molar-refractivity contribution in [2.75, 3.05) is 33.9 Å². The first kappa shape index (κ1) is 21.7. The third kappa shape index (κ3) is 4.28. The van der Waals surface area contributed by atoms with Crippen LogP contribution in [0.3, 0.4) is 0 Å². The number of nitrogens with zero attached hydrogens (tertiary/aromatic N) is 1. The van der Waals surface area contributed by atoms with E-state index in [0.29, 0.717) is 41.1 Å². The topological polar surface area (TPSA) is 81.0 Å². The Hall–Kier alpha value is -2.54. The van der Waals surface area contributed by atoms with Crippen molar-refractivity contribution < 1.29 is 18.7 Å². The van der Waals surface area contributed by atoms with Gasteiger partial charge < -0.3 is 24.1 Å². The van der Waals surface area contributed by atoms with Crippen LogP contribution in [-0.2, 0) is 11.2 Å². The number of carbonyl (C=O) groups excluding carboxylic acids is 1. The summed E-state index contributed by atoms with van der Waals surface area (Å²) in [6, 6.07) is 4.19. The second-order valence-electron chi connectivity index (χ2n) is 8.65. The van der Waals surface area contributed by atoms with Crippen molar-refractivity contribution in [1.82, 2.24) is 10.2 Å². The first-order valence-corrected chi connectivity index (χ1v) is 11.2. The smallest absolute Gasteiger partial charge is 0.340 e. The van der Waals surface area contributed by atoms with Gasteiger partial charge in [0.2, 0.25) is 11.7 Å². The maximum Gasteiger partial charge on any atom is 0.340 e. The fraction of sp³-hybridized carbons (Fsp3) is 0.583. The maximum atomic E-state index is 12.7. The van der Waals surface area contributed by atoms with Crippen LogP contribution in [0.5, 0.6) is 11.5 Å². The zero-order chi connectivity index (χ0) is 22.0. The number of methoxy groups -OCH3 is 2. The summed E-state index contributed by atoms with van der Waals surface area (Å²) in [6.45, 7) is 4.87. The molecular formula is C24H32N2O5. The number of hydrogen-bond donors (Lipinski definition) is 1. The van der Waals surface area contributed by atoms with Crippen LogP contribution >= 0.6 is 0 Å². The number of ether oxygens (including phenoxy) is 2. The Balaban J connectivity index is 1.49. The van der Waals surface area contributed by atoms with Gasteiger partial charge in [-0.15, -0.1) is 0 Å². The molecule has 1 amide bonds. The largest absolute Gasteiger partial charge is 0.493 e. The molecule has 4 rings (SSSR count). The van der Waals surface area contributed by atoms with Gasteiger partial charge in [0, 0.05) is 18.0 Å². The van der Waals surface area contributed by atoms with Crippen LogP contribution in [0, 0.1) is 12.8 Å². The van der Waals surface area contributed by atoms with Crippen LogP contribution < -0.4 is 20.4 Å². The second kappa shape index (κ2) is 9.30. The van der Waals surface area contributed by atoms with Gasteiger partial charge in [0.05, 0.1) is 26.2 Å². The van der Waals surface area contributed by atoms with Crippen molar-refractivity contribution in [3.05, 3.63) is 33.7 Å². The number of carbonyl (C=O) groups is 1. The van der Waals surface area contributed by atoms with E-state index < -0.39 is 5.63 Å². The van der Waals surface area contributed by atoms with Gasteiger partial charge in [0.15, 0.2) is 11.3 Å². The molecule has 2 aliphatic heterocycles. The third-order valence-corrected chi connectivity index (χ3v) is 6.93. The predicted molar refractivity (Wildman–Crippen MR) is 119 cm³/mol. The van der Waals surface area contributed by atoms with Gasteiger partial charge in [-0.05, 0) is 69.3 Å². The molecule has 0 unspecified atom stereocenters. The second-order valence-corrected chi connectivity index (χ2v) is 8.65. The Bertz CT molecular complexity index is 1010. The van der Waals surface area contributed by atoms with Crippen LogP contribution in [0.1, 0.15) is 43.2 Å². The van der Waals surface area contributed by atoms with E-state index in [4.69, 9.17) is 13.9 Å². The minimum Gasteiger partial charge on any atom is -0.493 e. The lowest BCUT2D eigenvalue weighted by Crippen LogP contribution is -2.51. The molecule has 0 bridgehead atoms. The number of piperidine rings is 2. The van der Waals surface area contributed by atoms with E-state index >= 15 is 0 Å². The van der Waals surface area contributed by atoms with Crippen molar-refractivity contribution in [1.29, 1.82) is 0 Å². The first-order valence-electron chi connectivity index (χ1n) is 11.2. The highest BCUT2D eigenvalue weighted by atomic mass is 16.5. The van der Waals surface area contributed by atoms with Crippen molar-refractivity contribution in [3.63, 3.8) is 0 Å². The summed E-state index contributed by atoms with van der Waals surface area (Å²) in [6.07, 6.45) is 6.13. The van der Waals surface area contributed by atoms with E-state index in [1.54, 1.807) is 6.07 Å². The monoisotopic (exact) mass is 428 g/mol. The molecule has 1 aromatic heterocycles. The van der Waals surface area contributed by atoms with Crippen molar-refractivity contribution >= 4 is 16.9 Å². The van der Waals surface area contributed by atoms with Crippen LogP contribution in [0.4, 0.5) is 0 Å². The van der Waals surface area contributed by atoms with Crippen molar-refractivity contribution in [2.45, 2.75) is 51.5 Å². The average molecular weight is 429 g/mol. The summed E-state index contributed by atoms with van der Waals surface area (Å²) in [7, 11) is 3.04. The first-order chi connectivity index (χ1) is 15.0. The van der Waals surface area contributed by atoms with Gasteiger partial charge in [-0.25, -0.2) is 4.79 Å². The van der Waals surface area contributed by atoms with E-state index in [1.165, 1.54) is 53.0 Å². The number of hydrogen-bond acceptors (Lipinski definition) is 6. The Morgan fingerprint density at radius 3 is 2.74 bits per heavy atom. The molecule has 0 spiro atoms. The summed E-state index contributed by atoms with van der Waals surface area (Å²) in [5.41, 5.74) is 0.953. The molecule has 1 N–H and O–H groups in total.